The van der Waals surface area contributed by atoms with E-state index in [0.717, 1.165) is 16.4 Å². The SMILES string of the molecule is O=S(=O)(c1ccccc1Cl)C1CCN(c2nc(-c3ccc(Cl)c(Cl)c3)cs2)CC1. The van der Waals surface area contributed by atoms with Crippen molar-refractivity contribution in [2.24, 2.45) is 0 Å². The Balaban J connectivity index is 1.47. The van der Waals surface area contributed by atoms with Crippen molar-refractivity contribution in [1.82, 2.24) is 4.98 Å². The van der Waals surface area contributed by atoms with Gasteiger partial charge in [-0.2, -0.15) is 0 Å². The molecule has 4 rings (SSSR count). The van der Waals surface area contributed by atoms with Gasteiger partial charge in [0.05, 0.1) is 30.9 Å². The van der Waals surface area contributed by atoms with E-state index in [1.165, 1.54) is 11.3 Å². The lowest BCUT2D eigenvalue weighted by Gasteiger charge is -2.31. The molecule has 0 spiro atoms. The van der Waals surface area contributed by atoms with Crippen LogP contribution in [0.25, 0.3) is 11.3 Å². The molecule has 0 bridgehead atoms. The highest BCUT2D eigenvalue weighted by molar-refractivity contribution is 7.92. The first-order valence-corrected chi connectivity index (χ1v) is 12.6. The van der Waals surface area contributed by atoms with Gasteiger partial charge in [0.1, 0.15) is 0 Å². The van der Waals surface area contributed by atoms with Crippen LogP contribution in [-0.2, 0) is 9.84 Å². The maximum atomic E-state index is 13.0. The summed E-state index contributed by atoms with van der Waals surface area (Å²) < 4.78 is 25.9. The number of piperidine rings is 1. The van der Waals surface area contributed by atoms with Gasteiger partial charge in [-0.3, -0.25) is 0 Å². The van der Waals surface area contributed by atoms with E-state index in [1.807, 2.05) is 11.4 Å². The van der Waals surface area contributed by atoms with Crippen molar-refractivity contribution >= 4 is 61.1 Å². The van der Waals surface area contributed by atoms with Gasteiger partial charge in [0, 0.05) is 24.0 Å². The van der Waals surface area contributed by atoms with Gasteiger partial charge in [0.2, 0.25) is 0 Å². The van der Waals surface area contributed by atoms with Crippen LogP contribution < -0.4 is 4.90 Å². The number of nitrogens with zero attached hydrogens (tertiary/aromatic N) is 2. The minimum atomic E-state index is -3.45. The van der Waals surface area contributed by atoms with E-state index in [-0.39, 0.29) is 9.92 Å². The standard InChI is InChI=1S/C20H17Cl3N2O2S2/c21-15-6-5-13(11-17(15)23)18-12-28-20(24-18)25-9-7-14(8-10-25)29(26,27)19-4-2-1-3-16(19)22/h1-6,11-12,14H,7-10H2. The van der Waals surface area contributed by atoms with Crippen LogP contribution in [0, 0.1) is 0 Å². The number of hydrogen-bond acceptors (Lipinski definition) is 5. The van der Waals surface area contributed by atoms with Gasteiger partial charge in [-0.25, -0.2) is 13.4 Å². The zero-order valence-electron chi connectivity index (χ0n) is 15.2. The fourth-order valence-corrected chi connectivity index (χ4v) is 6.85. The number of thiazole rings is 1. The maximum absolute atomic E-state index is 13.0. The van der Waals surface area contributed by atoms with Crippen molar-refractivity contribution in [2.45, 2.75) is 23.0 Å². The number of halogens is 3. The monoisotopic (exact) mass is 486 g/mol. The third-order valence-electron chi connectivity index (χ3n) is 5.00. The van der Waals surface area contributed by atoms with Crippen molar-refractivity contribution in [3.8, 4) is 11.3 Å². The molecule has 9 heteroatoms. The number of aromatic nitrogens is 1. The van der Waals surface area contributed by atoms with Crippen LogP contribution in [0.2, 0.25) is 15.1 Å². The molecular formula is C20H17Cl3N2O2S2. The van der Waals surface area contributed by atoms with Crippen molar-refractivity contribution in [1.29, 1.82) is 0 Å². The Bertz CT molecular complexity index is 1140. The third kappa shape index (κ3) is 4.28. The first kappa shape index (κ1) is 20.9. The van der Waals surface area contributed by atoms with E-state index in [1.54, 1.807) is 36.4 Å². The normalized spacial score (nSPS) is 15.6. The lowest BCUT2D eigenvalue weighted by atomic mass is 10.1. The number of sulfone groups is 1. The molecule has 0 amide bonds. The van der Waals surface area contributed by atoms with E-state index in [2.05, 4.69) is 4.90 Å². The van der Waals surface area contributed by atoms with Crippen molar-refractivity contribution in [2.75, 3.05) is 18.0 Å². The predicted molar refractivity (Wildman–Crippen MR) is 121 cm³/mol. The maximum Gasteiger partial charge on any atom is 0.185 e. The van der Waals surface area contributed by atoms with E-state index < -0.39 is 15.1 Å². The Kier molecular flexibility index (Phi) is 6.09. The molecule has 0 N–H and O–H groups in total. The molecule has 0 unspecified atom stereocenters. The summed E-state index contributed by atoms with van der Waals surface area (Å²) in [5.74, 6) is 0. The number of benzene rings is 2. The van der Waals surface area contributed by atoms with Gasteiger partial charge in [0.25, 0.3) is 0 Å². The molecule has 0 atom stereocenters. The van der Waals surface area contributed by atoms with Gasteiger partial charge >= 0.3 is 0 Å². The van der Waals surface area contributed by atoms with Crippen molar-refractivity contribution in [3.63, 3.8) is 0 Å². The Labute approximate surface area is 189 Å². The largest absolute Gasteiger partial charge is 0.348 e. The summed E-state index contributed by atoms with van der Waals surface area (Å²) in [6.45, 7) is 1.26. The minimum Gasteiger partial charge on any atom is -0.348 e. The van der Waals surface area contributed by atoms with Crippen molar-refractivity contribution < 1.29 is 8.42 Å². The number of rotatable bonds is 4. The van der Waals surface area contributed by atoms with E-state index in [9.17, 15) is 8.42 Å². The third-order valence-corrected chi connectivity index (χ3v) is 9.40. The molecular weight excluding hydrogens is 471 g/mol. The van der Waals surface area contributed by atoms with Gasteiger partial charge in [-0.05, 0) is 37.1 Å². The van der Waals surface area contributed by atoms with Crippen LogP contribution in [0.15, 0.2) is 52.7 Å². The molecule has 1 aliphatic heterocycles. The van der Waals surface area contributed by atoms with Crippen LogP contribution in [0.4, 0.5) is 5.13 Å². The first-order valence-electron chi connectivity index (χ1n) is 9.00. The Morgan fingerprint density at radius 3 is 2.38 bits per heavy atom. The van der Waals surface area contributed by atoms with Gasteiger partial charge in [-0.1, -0.05) is 53.0 Å². The molecule has 2 heterocycles. The molecule has 4 nitrogen and oxygen atoms in total. The summed E-state index contributed by atoms with van der Waals surface area (Å²) >= 11 is 19.7. The number of hydrogen-bond donors (Lipinski definition) is 0. The molecule has 29 heavy (non-hydrogen) atoms. The lowest BCUT2D eigenvalue weighted by molar-refractivity contribution is 0.529. The Hall–Kier alpha value is -1.31. The fraction of sp³-hybridized carbons (Fsp3) is 0.250. The van der Waals surface area contributed by atoms with Gasteiger partial charge < -0.3 is 4.90 Å². The summed E-state index contributed by atoms with van der Waals surface area (Å²) in [6.07, 6.45) is 1.07. The molecule has 0 saturated carbocycles. The van der Waals surface area contributed by atoms with Crippen molar-refractivity contribution in [3.05, 3.63) is 62.9 Å². The van der Waals surface area contributed by atoms with Gasteiger partial charge in [0.15, 0.2) is 15.0 Å². The molecule has 0 radical (unpaired) electrons. The predicted octanol–water partition coefficient (Wildman–Crippen LogP) is 6.21. The van der Waals surface area contributed by atoms with Crippen LogP contribution in [0.5, 0.6) is 0 Å². The van der Waals surface area contributed by atoms with Gasteiger partial charge in [-0.15, -0.1) is 11.3 Å². The highest BCUT2D eigenvalue weighted by atomic mass is 35.5. The van der Waals surface area contributed by atoms with Crippen LogP contribution in [0.1, 0.15) is 12.8 Å². The summed E-state index contributed by atoms with van der Waals surface area (Å²) in [4.78, 5) is 7.05. The molecule has 1 aromatic heterocycles. The summed E-state index contributed by atoms with van der Waals surface area (Å²) in [6, 6.07) is 12.1. The minimum absolute atomic E-state index is 0.219. The van der Waals surface area contributed by atoms with E-state index in [0.29, 0.717) is 36.0 Å². The van der Waals surface area contributed by atoms with Crippen LogP contribution in [-0.4, -0.2) is 31.7 Å². The van der Waals surface area contributed by atoms with E-state index in [4.69, 9.17) is 39.8 Å². The zero-order chi connectivity index (χ0) is 20.6. The van der Waals surface area contributed by atoms with Crippen LogP contribution >= 0.6 is 46.1 Å². The Morgan fingerprint density at radius 1 is 0.966 bits per heavy atom. The highest BCUT2D eigenvalue weighted by Gasteiger charge is 2.33. The highest BCUT2D eigenvalue weighted by Crippen LogP contribution is 2.34. The second kappa shape index (κ2) is 8.44. The average Bonchev–Trinajstić information content (AvgIpc) is 3.20. The molecule has 2 aromatic carbocycles. The summed E-state index contributed by atoms with van der Waals surface area (Å²) in [5.41, 5.74) is 1.73. The lowest BCUT2D eigenvalue weighted by Crippen LogP contribution is -2.39. The average molecular weight is 488 g/mol. The molecule has 0 aliphatic carbocycles. The summed E-state index contributed by atoms with van der Waals surface area (Å²) in [5, 5.41) is 3.69. The zero-order valence-corrected chi connectivity index (χ0v) is 19.1. The molecule has 1 fully saturated rings. The first-order chi connectivity index (χ1) is 13.9. The summed E-state index contributed by atoms with van der Waals surface area (Å²) in [7, 11) is -3.45. The molecule has 152 valence electrons. The fourth-order valence-electron chi connectivity index (χ4n) is 3.41. The number of anilines is 1. The quantitative estimate of drug-likeness (QED) is 0.439. The second-order valence-electron chi connectivity index (χ2n) is 6.81. The molecule has 1 aliphatic rings. The second-order valence-corrected chi connectivity index (χ2v) is 11.1. The van der Waals surface area contributed by atoms with Crippen LogP contribution in [0.3, 0.4) is 0 Å². The molecule has 3 aromatic rings. The molecule has 1 saturated heterocycles. The smallest absolute Gasteiger partial charge is 0.185 e. The van der Waals surface area contributed by atoms with E-state index >= 15 is 0 Å². The Morgan fingerprint density at radius 2 is 1.69 bits per heavy atom. The topological polar surface area (TPSA) is 50.3 Å².